The number of phenols is 1. The summed E-state index contributed by atoms with van der Waals surface area (Å²) < 4.78 is 0. The second kappa shape index (κ2) is 4.97. The number of hydrogen-bond acceptors (Lipinski definition) is 1. The third-order valence-electron chi connectivity index (χ3n) is 3.88. The van der Waals surface area contributed by atoms with Gasteiger partial charge in [0.2, 0.25) is 0 Å². The molecule has 0 spiro atoms. The van der Waals surface area contributed by atoms with Crippen molar-refractivity contribution in [3.8, 4) is 17.0 Å². The van der Waals surface area contributed by atoms with E-state index >= 15 is 0 Å². The van der Waals surface area contributed by atoms with Crippen molar-refractivity contribution in [1.29, 1.82) is 0 Å². The van der Waals surface area contributed by atoms with Crippen LogP contribution in [0, 0.1) is 20.8 Å². The van der Waals surface area contributed by atoms with Crippen LogP contribution < -0.4 is 0 Å². The van der Waals surface area contributed by atoms with Gasteiger partial charge in [-0.15, -0.1) is 0 Å². The summed E-state index contributed by atoms with van der Waals surface area (Å²) in [5.74, 6) is 0.346. The average Bonchev–Trinajstić information content (AvgIpc) is 2.73. The Balaban J connectivity index is 2.28. The van der Waals surface area contributed by atoms with Crippen molar-refractivity contribution in [2.45, 2.75) is 20.8 Å². The van der Waals surface area contributed by atoms with Crippen molar-refractivity contribution in [1.82, 2.24) is 4.98 Å². The van der Waals surface area contributed by atoms with Gasteiger partial charge < -0.3 is 10.1 Å². The van der Waals surface area contributed by atoms with Crippen molar-refractivity contribution in [2.75, 3.05) is 0 Å². The van der Waals surface area contributed by atoms with Crippen LogP contribution in [0.5, 0.6) is 5.75 Å². The molecule has 0 unspecified atom stereocenters. The standard InChI is InChI=1S/C17H15Cl2NO/c1-8-4-11(5-9(2)17(8)21)16-10(3)12-6-13(18)14(19)7-15(12)20-16/h4-7,20-21H,1-3H3. The molecule has 3 rings (SSSR count). The fourth-order valence-electron chi connectivity index (χ4n) is 2.71. The predicted molar refractivity (Wildman–Crippen MR) is 89.6 cm³/mol. The van der Waals surface area contributed by atoms with E-state index in [1.165, 1.54) is 0 Å². The van der Waals surface area contributed by atoms with E-state index in [4.69, 9.17) is 23.2 Å². The number of benzene rings is 2. The lowest BCUT2D eigenvalue weighted by atomic mass is 10.0. The number of aromatic nitrogens is 1. The van der Waals surface area contributed by atoms with Crippen LogP contribution in [0.15, 0.2) is 24.3 Å². The first-order chi connectivity index (χ1) is 9.88. The first-order valence-electron chi connectivity index (χ1n) is 6.66. The number of H-pyrrole nitrogens is 1. The fourth-order valence-corrected chi connectivity index (χ4v) is 3.04. The topological polar surface area (TPSA) is 36.0 Å². The molecule has 0 radical (unpaired) electrons. The number of aromatic hydroxyl groups is 1. The molecule has 0 aliphatic rings. The second-order valence-corrected chi connectivity index (χ2v) is 6.21. The van der Waals surface area contributed by atoms with Crippen LogP contribution in [0.3, 0.4) is 0 Å². The number of phenolic OH excluding ortho intramolecular Hbond substituents is 1. The minimum absolute atomic E-state index is 0.346. The van der Waals surface area contributed by atoms with Crippen LogP contribution in [-0.2, 0) is 0 Å². The molecule has 108 valence electrons. The molecule has 0 saturated heterocycles. The van der Waals surface area contributed by atoms with Crippen LogP contribution in [0.1, 0.15) is 16.7 Å². The maximum absolute atomic E-state index is 9.91. The van der Waals surface area contributed by atoms with E-state index in [-0.39, 0.29) is 0 Å². The highest BCUT2D eigenvalue weighted by molar-refractivity contribution is 6.42. The van der Waals surface area contributed by atoms with E-state index in [0.717, 1.165) is 38.9 Å². The number of nitrogens with one attached hydrogen (secondary N) is 1. The SMILES string of the molecule is Cc1cc(-c2[nH]c3cc(Cl)c(Cl)cc3c2C)cc(C)c1O. The lowest BCUT2D eigenvalue weighted by Gasteiger charge is -2.07. The Morgan fingerprint density at radius 3 is 2.10 bits per heavy atom. The van der Waals surface area contributed by atoms with Gasteiger partial charge in [-0.1, -0.05) is 23.2 Å². The normalized spacial score (nSPS) is 11.3. The number of rotatable bonds is 1. The summed E-state index contributed by atoms with van der Waals surface area (Å²) in [7, 11) is 0. The molecule has 2 nitrogen and oxygen atoms in total. The first-order valence-corrected chi connectivity index (χ1v) is 7.42. The first kappa shape index (κ1) is 14.3. The minimum Gasteiger partial charge on any atom is -0.507 e. The number of aryl methyl sites for hydroxylation is 3. The van der Waals surface area contributed by atoms with Gasteiger partial charge >= 0.3 is 0 Å². The molecule has 0 fully saturated rings. The van der Waals surface area contributed by atoms with Gasteiger partial charge in [0.15, 0.2) is 0 Å². The van der Waals surface area contributed by atoms with Gasteiger partial charge in [-0.05, 0) is 67.3 Å². The molecule has 21 heavy (non-hydrogen) atoms. The maximum atomic E-state index is 9.91. The van der Waals surface area contributed by atoms with Gasteiger partial charge in [0, 0.05) is 16.6 Å². The number of aromatic amines is 1. The summed E-state index contributed by atoms with van der Waals surface area (Å²) in [5, 5.41) is 12.1. The quantitative estimate of drug-likeness (QED) is 0.586. The summed E-state index contributed by atoms with van der Waals surface area (Å²) in [6.07, 6.45) is 0. The highest BCUT2D eigenvalue weighted by atomic mass is 35.5. The minimum atomic E-state index is 0.346. The zero-order valence-corrected chi connectivity index (χ0v) is 13.5. The molecule has 2 aromatic carbocycles. The highest BCUT2D eigenvalue weighted by Crippen LogP contribution is 2.36. The summed E-state index contributed by atoms with van der Waals surface area (Å²) in [5.41, 5.74) is 5.87. The molecule has 1 aromatic heterocycles. The Labute approximate surface area is 133 Å². The van der Waals surface area contributed by atoms with Crippen molar-refractivity contribution in [2.24, 2.45) is 0 Å². The van der Waals surface area contributed by atoms with Gasteiger partial charge in [0.25, 0.3) is 0 Å². The molecule has 3 aromatic rings. The van der Waals surface area contributed by atoms with Crippen LogP contribution >= 0.6 is 23.2 Å². The van der Waals surface area contributed by atoms with E-state index in [2.05, 4.69) is 11.9 Å². The van der Waals surface area contributed by atoms with E-state index in [1.54, 1.807) is 0 Å². The van der Waals surface area contributed by atoms with Crippen LogP contribution in [0.2, 0.25) is 10.0 Å². The molecular formula is C17H15Cl2NO. The van der Waals surface area contributed by atoms with E-state index in [0.29, 0.717) is 15.8 Å². The molecular weight excluding hydrogens is 305 g/mol. The average molecular weight is 320 g/mol. The highest BCUT2D eigenvalue weighted by Gasteiger charge is 2.13. The van der Waals surface area contributed by atoms with E-state index in [9.17, 15) is 5.11 Å². The van der Waals surface area contributed by atoms with Crippen molar-refractivity contribution < 1.29 is 5.11 Å². The Morgan fingerprint density at radius 1 is 0.905 bits per heavy atom. The molecule has 0 amide bonds. The predicted octanol–water partition coefficient (Wildman–Crippen LogP) is 5.77. The molecule has 0 aliphatic carbocycles. The van der Waals surface area contributed by atoms with Gasteiger partial charge in [-0.3, -0.25) is 0 Å². The van der Waals surface area contributed by atoms with Gasteiger partial charge in [0.05, 0.1) is 10.0 Å². The van der Waals surface area contributed by atoms with Gasteiger partial charge in [-0.25, -0.2) is 0 Å². The third kappa shape index (κ3) is 2.29. The second-order valence-electron chi connectivity index (χ2n) is 5.40. The lowest BCUT2D eigenvalue weighted by Crippen LogP contribution is -1.86. The van der Waals surface area contributed by atoms with Gasteiger partial charge in [-0.2, -0.15) is 0 Å². The molecule has 0 saturated carbocycles. The molecule has 0 atom stereocenters. The van der Waals surface area contributed by atoms with Crippen LogP contribution in [-0.4, -0.2) is 10.1 Å². The van der Waals surface area contributed by atoms with Crippen molar-refractivity contribution >= 4 is 34.1 Å². The molecule has 1 heterocycles. The van der Waals surface area contributed by atoms with E-state index in [1.807, 2.05) is 38.1 Å². The Bertz CT molecular complexity index is 842. The lowest BCUT2D eigenvalue weighted by molar-refractivity contribution is 0.467. The number of fused-ring (bicyclic) bond motifs is 1. The summed E-state index contributed by atoms with van der Waals surface area (Å²) in [6, 6.07) is 7.68. The van der Waals surface area contributed by atoms with E-state index < -0.39 is 0 Å². The van der Waals surface area contributed by atoms with Crippen molar-refractivity contribution in [3.05, 3.63) is 51.0 Å². The van der Waals surface area contributed by atoms with Gasteiger partial charge in [0.1, 0.15) is 5.75 Å². The molecule has 2 N–H and O–H groups in total. The fraction of sp³-hybridized carbons (Fsp3) is 0.176. The molecule has 0 bridgehead atoms. The monoisotopic (exact) mass is 319 g/mol. The third-order valence-corrected chi connectivity index (χ3v) is 4.60. The number of halogens is 2. The molecule has 4 heteroatoms. The summed E-state index contributed by atoms with van der Waals surface area (Å²) in [4.78, 5) is 3.40. The number of hydrogen-bond donors (Lipinski definition) is 2. The smallest absolute Gasteiger partial charge is 0.121 e. The van der Waals surface area contributed by atoms with Crippen LogP contribution in [0.4, 0.5) is 0 Å². The zero-order valence-electron chi connectivity index (χ0n) is 12.0. The largest absolute Gasteiger partial charge is 0.507 e. The summed E-state index contributed by atoms with van der Waals surface area (Å²) >= 11 is 12.2. The Kier molecular flexibility index (Phi) is 3.39. The van der Waals surface area contributed by atoms with Crippen molar-refractivity contribution in [3.63, 3.8) is 0 Å². The zero-order chi connectivity index (χ0) is 15.3. The summed E-state index contributed by atoms with van der Waals surface area (Å²) in [6.45, 7) is 5.85. The molecule has 0 aliphatic heterocycles. The van der Waals surface area contributed by atoms with Crippen LogP contribution in [0.25, 0.3) is 22.2 Å². The Hall–Kier alpha value is -1.64. The maximum Gasteiger partial charge on any atom is 0.121 e. The Morgan fingerprint density at radius 2 is 1.48 bits per heavy atom.